The highest BCUT2D eigenvalue weighted by atomic mass is 19.3. The summed E-state index contributed by atoms with van der Waals surface area (Å²) in [6.45, 7) is 4.55. The van der Waals surface area contributed by atoms with Gasteiger partial charge in [-0.3, -0.25) is 9.78 Å². The summed E-state index contributed by atoms with van der Waals surface area (Å²) in [5.74, 6) is 1.07. The molecule has 1 saturated heterocycles. The number of fused-ring (bicyclic) bond motifs is 1. The number of hydrogen-bond acceptors (Lipinski definition) is 7. The van der Waals surface area contributed by atoms with Crippen molar-refractivity contribution < 1.29 is 32.6 Å². The van der Waals surface area contributed by atoms with E-state index in [-0.39, 0.29) is 18.3 Å². The number of nitrogens with zero attached hydrogens (tertiary/aromatic N) is 2. The number of aryl methyl sites for hydroxylation is 1. The number of aromatic nitrogens is 2. The third kappa shape index (κ3) is 11.9. The fraction of sp³-hybridized carbons (Fsp3) is 0.281. The second-order valence-electron chi connectivity index (χ2n) is 9.64. The molecule has 236 valence electrons. The highest BCUT2D eigenvalue weighted by molar-refractivity contribution is 5.79. The second-order valence-corrected chi connectivity index (χ2v) is 9.64. The number of alkyl halides is 2. The predicted molar refractivity (Wildman–Crippen MR) is 164 cm³/mol. The number of primary amides is 1. The van der Waals surface area contributed by atoms with Gasteiger partial charge in [-0.25, -0.2) is 4.39 Å². The van der Waals surface area contributed by atoms with Crippen LogP contribution in [-0.4, -0.2) is 58.9 Å². The summed E-state index contributed by atoms with van der Waals surface area (Å²) >= 11 is 0. The number of aliphatic hydroxyl groups excluding tert-OH is 1. The number of likely N-dealkylation sites (tertiary alicyclic amines) is 1. The van der Waals surface area contributed by atoms with Gasteiger partial charge in [0.15, 0.2) is 0 Å². The molecular formula is C32H38F3N5O4. The molecular weight excluding hydrogens is 575 g/mol. The van der Waals surface area contributed by atoms with Crippen molar-refractivity contribution in [1.29, 1.82) is 0 Å². The summed E-state index contributed by atoms with van der Waals surface area (Å²) in [5.41, 5.74) is 9.28. The van der Waals surface area contributed by atoms with Crippen molar-refractivity contribution in [3.8, 4) is 11.5 Å². The Morgan fingerprint density at radius 3 is 2.61 bits per heavy atom. The molecule has 5 rings (SSSR count). The smallest absolute Gasteiger partial charge is 0.342 e. The van der Waals surface area contributed by atoms with Crippen LogP contribution >= 0.6 is 0 Å². The van der Waals surface area contributed by atoms with Crippen molar-refractivity contribution in [2.75, 3.05) is 13.6 Å². The number of carbonyl (C=O) groups excluding carboxylic acids is 2. The number of H-pyrrole nitrogens is 1. The van der Waals surface area contributed by atoms with Crippen LogP contribution < -0.4 is 15.8 Å². The number of benzene rings is 2. The van der Waals surface area contributed by atoms with E-state index in [0.717, 1.165) is 54.6 Å². The molecule has 12 heteroatoms. The van der Waals surface area contributed by atoms with E-state index < -0.39 is 6.61 Å². The first kappa shape index (κ1) is 35.5. The Bertz CT molecular complexity index is 1450. The van der Waals surface area contributed by atoms with Crippen molar-refractivity contribution in [3.05, 3.63) is 102 Å². The van der Waals surface area contributed by atoms with Gasteiger partial charge in [-0.05, 0) is 80.4 Å². The highest BCUT2D eigenvalue weighted by Crippen LogP contribution is 2.28. The Labute approximate surface area is 254 Å². The quantitative estimate of drug-likeness (QED) is 0.200. The molecule has 1 amide bonds. The maximum Gasteiger partial charge on any atom is 0.342 e. The van der Waals surface area contributed by atoms with Crippen molar-refractivity contribution in [3.63, 3.8) is 0 Å². The zero-order valence-electron chi connectivity index (χ0n) is 24.7. The minimum absolute atomic E-state index is 0.0474. The topological polar surface area (TPSA) is 134 Å². The molecule has 5 N–H and O–H groups in total. The Morgan fingerprint density at radius 2 is 1.98 bits per heavy atom. The van der Waals surface area contributed by atoms with E-state index in [9.17, 15) is 18.0 Å². The molecule has 4 aromatic rings. The number of hydrogen-bond donors (Lipinski definition) is 4. The van der Waals surface area contributed by atoms with E-state index in [4.69, 9.17) is 14.6 Å². The Hall–Kier alpha value is -4.68. The number of aldehydes is 1. The molecule has 0 radical (unpaired) electrons. The van der Waals surface area contributed by atoms with Gasteiger partial charge in [-0.2, -0.15) is 8.78 Å². The molecule has 0 saturated carbocycles. The molecule has 2 aromatic carbocycles. The molecule has 1 aliphatic heterocycles. The monoisotopic (exact) mass is 613 g/mol. The average Bonchev–Trinajstić information content (AvgIpc) is 3.62. The van der Waals surface area contributed by atoms with E-state index in [1.807, 2.05) is 50.5 Å². The number of rotatable bonds is 8. The van der Waals surface area contributed by atoms with Gasteiger partial charge in [-0.15, -0.1) is 0 Å². The van der Waals surface area contributed by atoms with Crippen molar-refractivity contribution in [2.24, 2.45) is 5.73 Å². The van der Waals surface area contributed by atoms with E-state index in [2.05, 4.69) is 38.6 Å². The molecule has 1 aliphatic rings. The molecule has 44 heavy (non-hydrogen) atoms. The van der Waals surface area contributed by atoms with Gasteiger partial charge in [0, 0.05) is 54.2 Å². The van der Waals surface area contributed by atoms with E-state index in [1.165, 1.54) is 23.2 Å². The van der Waals surface area contributed by atoms with Crippen LogP contribution in [0.3, 0.4) is 0 Å². The number of carbonyl (C=O) groups is 2. The lowest BCUT2D eigenvalue weighted by Crippen LogP contribution is -2.30. The number of nitrogens with two attached hydrogens (primary N) is 1. The minimum atomic E-state index is -3.17. The number of nitrogens with one attached hydrogen (secondary N) is 2. The van der Waals surface area contributed by atoms with Crippen LogP contribution in [0.1, 0.15) is 29.7 Å². The molecule has 1 fully saturated rings. The maximum atomic E-state index is 13.2. The third-order valence-corrected chi connectivity index (χ3v) is 6.38. The molecule has 1 atom stereocenters. The number of pyridine rings is 1. The number of aliphatic hydroxyl groups is 1. The molecule has 0 spiro atoms. The van der Waals surface area contributed by atoms with E-state index in [1.54, 1.807) is 12.3 Å². The second kappa shape index (κ2) is 18.8. The third-order valence-electron chi connectivity index (χ3n) is 6.38. The fourth-order valence-corrected chi connectivity index (χ4v) is 4.55. The van der Waals surface area contributed by atoms with Crippen molar-refractivity contribution in [2.45, 2.75) is 45.4 Å². The van der Waals surface area contributed by atoms with Gasteiger partial charge in [0.25, 0.3) is 0 Å². The summed E-state index contributed by atoms with van der Waals surface area (Å²) < 4.78 is 38.9. The van der Waals surface area contributed by atoms with E-state index in [0.29, 0.717) is 17.9 Å². The minimum Gasteiger partial charge on any atom is -0.457 e. The van der Waals surface area contributed by atoms with Crippen molar-refractivity contribution in [1.82, 2.24) is 20.2 Å². The Morgan fingerprint density at radius 1 is 1.25 bits per heavy atom. The molecule has 3 heterocycles. The Kier molecular flexibility index (Phi) is 15.2. The van der Waals surface area contributed by atoms with Crippen LogP contribution in [0.5, 0.6) is 11.5 Å². The highest BCUT2D eigenvalue weighted by Gasteiger charge is 2.24. The molecule has 2 aromatic heterocycles. The summed E-state index contributed by atoms with van der Waals surface area (Å²) in [6.07, 6.45) is 7.51. The zero-order chi connectivity index (χ0) is 32.5. The van der Waals surface area contributed by atoms with Crippen LogP contribution in [0.4, 0.5) is 13.2 Å². The summed E-state index contributed by atoms with van der Waals surface area (Å²) in [4.78, 5) is 29.2. The van der Waals surface area contributed by atoms with Crippen LogP contribution in [-0.2, 0) is 22.6 Å². The first-order chi connectivity index (χ1) is 21.1. The first-order valence-corrected chi connectivity index (χ1v) is 13.7. The first-order valence-electron chi connectivity index (χ1n) is 13.7. The molecule has 1 unspecified atom stereocenters. The average molecular weight is 614 g/mol. The molecule has 0 bridgehead atoms. The molecule has 9 nitrogen and oxygen atoms in total. The van der Waals surface area contributed by atoms with Gasteiger partial charge >= 0.3 is 6.61 Å². The van der Waals surface area contributed by atoms with E-state index >= 15 is 0 Å². The summed E-state index contributed by atoms with van der Waals surface area (Å²) in [7, 11) is 1.93. The van der Waals surface area contributed by atoms with Crippen molar-refractivity contribution >= 4 is 23.6 Å². The van der Waals surface area contributed by atoms with Gasteiger partial charge in [-0.1, -0.05) is 18.7 Å². The standard InChI is InChI=1S/C21H22FNO2.C9H11N3.CH2F2O.CH3NO/c1-15-11-18(22)8-9-21(15)25-20-7-3-5-17(13-20)12-16(2)23-10-4-6-19(23)14-24;1-10-6-8-4-7-5-11-3-2-9(7)12-8;2-1(3)4;2-1-3/h3,5,7-9,11,13-14,19H,2,4,6,10,12H2,1H3;2-5,10,12H,6H2,1H3;1,4H;1H,(H2,2,3). The van der Waals surface area contributed by atoms with Crippen LogP contribution in [0.15, 0.2) is 79.3 Å². The lowest BCUT2D eigenvalue weighted by molar-refractivity contribution is -0.111. The number of ether oxygens (including phenoxy) is 1. The Balaban J connectivity index is 0.000000293. The number of aromatic amines is 1. The predicted octanol–water partition coefficient (Wildman–Crippen LogP) is 5.23. The van der Waals surface area contributed by atoms with Crippen LogP contribution in [0, 0.1) is 12.7 Å². The fourth-order valence-electron chi connectivity index (χ4n) is 4.55. The van der Waals surface area contributed by atoms with Gasteiger partial charge in [0.2, 0.25) is 6.41 Å². The summed E-state index contributed by atoms with van der Waals surface area (Å²) in [5, 5.41) is 11.0. The van der Waals surface area contributed by atoms with Crippen LogP contribution in [0.25, 0.3) is 10.9 Å². The number of halogens is 3. The normalized spacial score (nSPS) is 13.5. The summed E-state index contributed by atoms with van der Waals surface area (Å²) in [6, 6.07) is 16.3. The zero-order valence-corrected chi connectivity index (χ0v) is 24.7. The van der Waals surface area contributed by atoms with Gasteiger partial charge in [0.1, 0.15) is 23.6 Å². The number of amides is 1. The lowest BCUT2D eigenvalue weighted by atomic mass is 10.1. The van der Waals surface area contributed by atoms with Gasteiger partial charge in [0.05, 0.1) is 6.04 Å². The van der Waals surface area contributed by atoms with Gasteiger partial charge < -0.3 is 35.6 Å². The largest absolute Gasteiger partial charge is 0.457 e. The SMILES string of the molecule is C=C(Cc1cccc(Oc2ccc(F)cc2C)c1)N1CCCC1C=O.CNCc1cc2cnccc2[nH]1.NC=O.OC(F)F. The number of allylic oxidation sites excluding steroid dienone is 1. The molecule has 0 aliphatic carbocycles. The van der Waals surface area contributed by atoms with Crippen LogP contribution in [0.2, 0.25) is 0 Å². The maximum absolute atomic E-state index is 13.2. The lowest BCUT2D eigenvalue weighted by Gasteiger charge is -2.25.